The number of nitrogens with one attached hydrogen (secondary N) is 1. The third-order valence-electron chi connectivity index (χ3n) is 5.52. The zero-order chi connectivity index (χ0) is 22.9. The Morgan fingerprint density at radius 3 is 2.12 bits per heavy atom. The number of nitrogens with zero attached hydrogens (tertiary/aromatic N) is 2. The van der Waals surface area contributed by atoms with Crippen LogP contribution in [0.2, 0.25) is 0 Å². The van der Waals surface area contributed by atoms with Gasteiger partial charge in [-0.1, -0.05) is 30.3 Å². The number of fused-ring (bicyclic) bond motifs is 1. The van der Waals surface area contributed by atoms with Crippen molar-refractivity contribution in [3.8, 4) is 0 Å². The maximum absolute atomic E-state index is 13.5. The number of carbonyl (C=O) groups is 3. The molecule has 1 N–H and O–H groups in total. The van der Waals surface area contributed by atoms with E-state index in [1.54, 1.807) is 56.4 Å². The van der Waals surface area contributed by atoms with Crippen LogP contribution in [-0.2, 0) is 16.8 Å². The Balaban J connectivity index is 1.68. The Morgan fingerprint density at radius 1 is 0.969 bits per heavy atom. The number of aromatic nitrogens is 1. The molecule has 0 bridgehead atoms. The van der Waals surface area contributed by atoms with Gasteiger partial charge in [0, 0.05) is 12.6 Å². The van der Waals surface area contributed by atoms with Crippen LogP contribution >= 0.6 is 0 Å². The molecule has 0 aliphatic carbocycles. The Morgan fingerprint density at radius 2 is 1.56 bits per heavy atom. The van der Waals surface area contributed by atoms with Gasteiger partial charge in [-0.25, -0.2) is 4.39 Å². The Hall–Kier alpha value is -3.87. The lowest BCUT2D eigenvalue weighted by Crippen LogP contribution is -2.54. The van der Waals surface area contributed by atoms with Crippen LogP contribution in [0, 0.1) is 5.82 Å². The molecule has 3 aromatic rings. The van der Waals surface area contributed by atoms with Gasteiger partial charge in [0.1, 0.15) is 11.9 Å². The highest BCUT2D eigenvalue weighted by Gasteiger charge is 2.43. The summed E-state index contributed by atoms with van der Waals surface area (Å²) >= 11 is 0. The minimum Gasteiger partial charge on any atom is -0.344 e. The van der Waals surface area contributed by atoms with Crippen molar-refractivity contribution in [2.24, 2.45) is 0 Å². The van der Waals surface area contributed by atoms with Crippen molar-refractivity contribution < 1.29 is 18.8 Å². The fraction of sp³-hybridized carbons (Fsp3) is 0.200. The minimum absolute atomic E-state index is 0.0515. The van der Waals surface area contributed by atoms with Crippen LogP contribution < -0.4 is 5.32 Å². The molecule has 1 aromatic heterocycles. The average molecular weight is 431 g/mol. The number of hydrogen-bond donors (Lipinski definition) is 1. The number of halogens is 1. The molecule has 2 aromatic carbocycles. The van der Waals surface area contributed by atoms with Gasteiger partial charge in [-0.3, -0.25) is 24.3 Å². The second-order valence-corrected chi connectivity index (χ2v) is 8.20. The summed E-state index contributed by atoms with van der Waals surface area (Å²) in [7, 11) is 0. The van der Waals surface area contributed by atoms with Gasteiger partial charge < -0.3 is 5.32 Å². The lowest BCUT2D eigenvalue weighted by atomic mass is 9.97. The SMILES string of the molecule is CC(C)(NC(=O)[C@H](Cc1ccc(F)cc1)N1C(=O)c2ccccc2C1=O)c1ccccn1. The summed E-state index contributed by atoms with van der Waals surface area (Å²) in [6.45, 7) is 3.59. The highest BCUT2D eigenvalue weighted by atomic mass is 19.1. The monoisotopic (exact) mass is 431 g/mol. The van der Waals surface area contributed by atoms with Crippen molar-refractivity contribution >= 4 is 17.7 Å². The van der Waals surface area contributed by atoms with Crippen LogP contribution in [0.1, 0.15) is 45.8 Å². The zero-order valence-corrected chi connectivity index (χ0v) is 17.7. The van der Waals surface area contributed by atoms with Crippen LogP contribution in [0.15, 0.2) is 72.9 Å². The third-order valence-corrected chi connectivity index (χ3v) is 5.52. The molecule has 3 amide bonds. The standard InChI is InChI=1S/C25H22FN3O3/c1-25(2,21-9-5-6-14-27-21)28-22(30)20(15-16-10-12-17(26)13-11-16)29-23(31)18-7-3-4-8-19(18)24(29)32/h3-14,20H,15H2,1-2H3,(H,28,30)/t20-/m0/s1. The summed E-state index contributed by atoms with van der Waals surface area (Å²) in [6.07, 6.45) is 1.68. The first-order chi connectivity index (χ1) is 15.3. The van der Waals surface area contributed by atoms with Crippen LogP contribution in [0.5, 0.6) is 0 Å². The maximum atomic E-state index is 13.5. The maximum Gasteiger partial charge on any atom is 0.262 e. The molecule has 7 heteroatoms. The molecule has 0 spiro atoms. The molecule has 1 aliphatic rings. The first-order valence-electron chi connectivity index (χ1n) is 10.2. The van der Waals surface area contributed by atoms with E-state index in [1.807, 2.05) is 6.07 Å². The smallest absolute Gasteiger partial charge is 0.262 e. The molecule has 162 valence electrons. The Bertz CT molecular complexity index is 1140. The van der Waals surface area contributed by atoms with Gasteiger partial charge in [-0.15, -0.1) is 0 Å². The number of imide groups is 1. The van der Waals surface area contributed by atoms with Gasteiger partial charge in [0.2, 0.25) is 5.91 Å². The van der Waals surface area contributed by atoms with Crippen LogP contribution in [0.4, 0.5) is 4.39 Å². The van der Waals surface area contributed by atoms with Crippen molar-refractivity contribution in [2.75, 3.05) is 0 Å². The molecule has 32 heavy (non-hydrogen) atoms. The van der Waals surface area contributed by atoms with E-state index >= 15 is 0 Å². The number of pyridine rings is 1. The first kappa shape index (κ1) is 21.4. The molecule has 4 rings (SSSR count). The molecule has 0 fully saturated rings. The first-order valence-corrected chi connectivity index (χ1v) is 10.2. The van der Waals surface area contributed by atoms with Crippen molar-refractivity contribution in [3.05, 3.63) is 101 Å². The third kappa shape index (κ3) is 4.01. The van der Waals surface area contributed by atoms with E-state index in [9.17, 15) is 18.8 Å². The van der Waals surface area contributed by atoms with Gasteiger partial charge in [0.25, 0.3) is 11.8 Å². The molecule has 0 radical (unpaired) electrons. The summed E-state index contributed by atoms with van der Waals surface area (Å²) in [4.78, 5) is 45.0. The average Bonchev–Trinajstić information content (AvgIpc) is 3.04. The summed E-state index contributed by atoms with van der Waals surface area (Å²) in [6, 6.07) is 16.4. The highest BCUT2D eigenvalue weighted by molar-refractivity contribution is 6.22. The van der Waals surface area contributed by atoms with E-state index in [4.69, 9.17) is 0 Å². The minimum atomic E-state index is -1.11. The van der Waals surface area contributed by atoms with Gasteiger partial charge in [0.05, 0.1) is 22.4 Å². The lowest BCUT2D eigenvalue weighted by molar-refractivity contribution is -0.126. The fourth-order valence-corrected chi connectivity index (χ4v) is 3.82. The molecule has 2 heterocycles. The van der Waals surface area contributed by atoms with Crippen molar-refractivity contribution in [1.29, 1.82) is 0 Å². The van der Waals surface area contributed by atoms with E-state index in [2.05, 4.69) is 10.3 Å². The van der Waals surface area contributed by atoms with E-state index in [0.717, 1.165) is 4.90 Å². The molecule has 6 nitrogen and oxygen atoms in total. The molecule has 1 aliphatic heterocycles. The topological polar surface area (TPSA) is 79.4 Å². The molecular weight excluding hydrogens is 409 g/mol. The number of carbonyl (C=O) groups excluding carboxylic acids is 3. The fourth-order valence-electron chi connectivity index (χ4n) is 3.82. The highest BCUT2D eigenvalue weighted by Crippen LogP contribution is 2.27. The number of amides is 3. The van der Waals surface area contributed by atoms with Crippen molar-refractivity contribution in [2.45, 2.75) is 31.8 Å². The number of benzene rings is 2. The van der Waals surface area contributed by atoms with Crippen molar-refractivity contribution in [3.63, 3.8) is 0 Å². The molecule has 1 atom stereocenters. The Kier molecular flexibility index (Phi) is 5.57. The summed E-state index contributed by atoms with van der Waals surface area (Å²) in [5, 5.41) is 2.93. The Labute approximate surface area is 185 Å². The van der Waals surface area contributed by atoms with Crippen LogP contribution in [-0.4, -0.2) is 33.6 Å². The van der Waals surface area contributed by atoms with E-state index in [1.165, 1.54) is 24.3 Å². The zero-order valence-electron chi connectivity index (χ0n) is 17.7. The number of rotatable bonds is 6. The second kappa shape index (κ2) is 8.34. The molecule has 0 saturated heterocycles. The quantitative estimate of drug-likeness (QED) is 0.606. The van der Waals surface area contributed by atoms with Gasteiger partial charge in [0.15, 0.2) is 0 Å². The lowest BCUT2D eigenvalue weighted by Gasteiger charge is -2.31. The van der Waals surface area contributed by atoms with Crippen LogP contribution in [0.3, 0.4) is 0 Å². The predicted octanol–water partition coefficient (Wildman–Crippen LogP) is 3.48. The molecule has 0 unspecified atom stereocenters. The number of hydrogen-bond acceptors (Lipinski definition) is 4. The van der Waals surface area contributed by atoms with E-state index in [0.29, 0.717) is 11.3 Å². The predicted molar refractivity (Wildman–Crippen MR) is 116 cm³/mol. The largest absolute Gasteiger partial charge is 0.344 e. The van der Waals surface area contributed by atoms with Gasteiger partial charge >= 0.3 is 0 Å². The molecule has 0 saturated carbocycles. The summed E-state index contributed by atoms with van der Waals surface area (Å²) in [5.41, 5.74) is 0.935. The normalized spacial score (nSPS) is 14.3. The van der Waals surface area contributed by atoms with Crippen LogP contribution in [0.25, 0.3) is 0 Å². The van der Waals surface area contributed by atoms with Gasteiger partial charge in [-0.2, -0.15) is 0 Å². The van der Waals surface area contributed by atoms with Crippen molar-refractivity contribution in [1.82, 2.24) is 15.2 Å². The van der Waals surface area contributed by atoms with E-state index in [-0.39, 0.29) is 17.5 Å². The summed E-state index contributed by atoms with van der Waals surface area (Å²) < 4.78 is 13.4. The molecular formula is C25H22FN3O3. The second-order valence-electron chi connectivity index (χ2n) is 8.20. The summed E-state index contributed by atoms with van der Waals surface area (Å²) in [5.74, 6) is -1.96. The van der Waals surface area contributed by atoms with Gasteiger partial charge in [-0.05, 0) is 55.8 Å². The van der Waals surface area contributed by atoms with E-state index < -0.39 is 35.1 Å².